The number of nitrogens with two attached hydrogens (primary N) is 1. The fourth-order valence-corrected chi connectivity index (χ4v) is 2.67. The summed E-state index contributed by atoms with van der Waals surface area (Å²) >= 11 is 1.40. The number of amidine groups is 1. The van der Waals surface area contributed by atoms with Crippen LogP contribution in [0.5, 0.6) is 5.75 Å². The zero-order valence-corrected chi connectivity index (χ0v) is 14.4. The Morgan fingerprint density at radius 3 is 2.46 bits per heavy atom. The summed E-state index contributed by atoms with van der Waals surface area (Å²) in [6.07, 6.45) is 0. The third kappa shape index (κ3) is 4.67. The Kier molecular flexibility index (Phi) is 5.60. The van der Waals surface area contributed by atoms with Gasteiger partial charge in [-0.05, 0) is 53.4 Å². The van der Waals surface area contributed by atoms with E-state index in [0.717, 1.165) is 10.4 Å². The molecule has 1 heterocycles. The average Bonchev–Trinajstić information content (AvgIpc) is 3.21. The van der Waals surface area contributed by atoms with E-state index in [0.29, 0.717) is 17.9 Å². The van der Waals surface area contributed by atoms with Gasteiger partial charge in [-0.1, -0.05) is 23.4 Å². The van der Waals surface area contributed by atoms with Crippen LogP contribution < -0.4 is 10.5 Å². The van der Waals surface area contributed by atoms with Crippen molar-refractivity contribution >= 4 is 23.1 Å². The molecule has 3 rings (SSSR count). The molecule has 0 fully saturated rings. The van der Waals surface area contributed by atoms with E-state index in [1.54, 1.807) is 42.5 Å². The number of hydrogen-bond acceptors (Lipinski definition) is 5. The molecule has 0 bridgehead atoms. The predicted molar refractivity (Wildman–Crippen MR) is 97.6 cm³/mol. The highest BCUT2D eigenvalue weighted by atomic mass is 32.1. The van der Waals surface area contributed by atoms with Crippen LogP contribution >= 0.6 is 11.3 Å². The number of oxime groups is 1. The van der Waals surface area contributed by atoms with Gasteiger partial charge in [0.05, 0.1) is 10.4 Å². The monoisotopic (exact) mass is 370 g/mol. The molecule has 0 spiro atoms. The van der Waals surface area contributed by atoms with E-state index in [1.165, 1.54) is 23.5 Å². The summed E-state index contributed by atoms with van der Waals surface area (Å²) < 4.78 is 18.4. The number of halogens is 1. The van der Waals surface area contributed by atoms with Crippen LogP contribution in [0.25, 0.3) is 0 Å². The molecule has 0 aliphatic heterocycles. The molecule has 0 amide bonds. The Labute approximate surface area is 153 Å². The van der Waals surface area contributed by atoms with Gasteiger partial charge >= 0.3 is 5.97 Å². The fourth-order valence-electron chi connectivity index (χ4n) is 2.05. The molecule has 2 N–H and O–H groups in total. The first kappa shape index (κ1) is 17.6. The molecule has 0 radical (unpaired) electrons. The third-order valence-electron chi connectivity index (χ3n) is 3.41. The minimum absolute atomic E-state index is 0.151. The molecule has 0 saturated carbocycles. The number of thiophene rings is 1. The van der Waals surface area contributed by atoms with Crippen LogP contribution in [0.3, 0.4) is 0 Å². The SMILES string of the molecule is N/C(=N\OC(=O)c1ccc(COc2ccc(F)cc2)cc1)c1cccs1. The smallest absolute Gasteiger partial charge is 0.365 e. The largest absolute Gasteiger partial charge is 0.489 e. The number of rotatable bonds is 6. The van der Waals surface area contributed by atoms with Crippen LogP contribution in [-0.4, -0.2) is 11.8 Å². The highest BCUT2D eigenvalue weighted by Crippen LogP contribution is 2.14. The number of nitrogens with zero attached hydrogens (tertiary/aromatic N) is 1. The second-order valence-electron chi connectivity index (χ2n) is 5.27. The Hall–Kier alpha value is -3.19. The van der Waals surface area contributed by atoms with E-state index >= 15 is 0 Å². The molecular weight excluding hydrogens is 355 g/mol. The fraction of sp³-hybridized carbons (Fsp3) is 0.0526. The number of carbonyl (C=O) groups excluding carboxylic acids is 1. The first-order chi connectivity index (χ1) is 12.6. The van der Waals surface area contributed by atoms with E-state index in [4.69, 9.17) is 15.3 Å². The normalized spacial score (nSPS) is 11.2. The molecule has 132 valence electrons. The van der Waals surface area contributed by atoms with Crippen molar-refractivity contribution in [2.45, 2.75) is 6.61 Å². The van der Waals surface area contributed by atoms with Crippen molar-refractivity contribution in [1.82, 2.24) is 0 Å². The first-order valence-corrected chi connectivity index (χ1v) is 8.56. The summed E-state index contributed by atoms with van der Waals surface area (Å²) in [6, 6.07) is 16.1. The number of ether oxygens (including phenoxy) is 1. The Morgan fingerprint density at radius 1 is 1.08 bits per heavy atom. The molecule has 0 saturated heterocycles. The quantitative estimate of drug-likeness (QED) is 0.309. The summed E-state index contributed by atoms with van der Waals surface area (Å²) in [4.78, 5) is 17.6. The molecular formula is C19H15FN2O3S. The topological polar surface area (TPSA) is 73.9 Å². The van der Waals surface area contributed by atoms with Crippen molar-refractivity contribution < 1.29 is 18.8 Å². The maximum Gasteiger partial charge on any atom is 0.365 e. The van der Waals surface area contributed by atoms with Gasteiger partial charge in [0, 0.05) is 0 Å². The lowest BCUT2D eigenvalue weighted by molar-refractivity contribution is 0.0516. The van der Waals surface area contributed by atoms with E-state index in [1.807, 2.05) is 11.4 Å². The Morgan fingerprint density at radius 2 is 1.81 bits per heavy atom. The lowest BCUT2D eigenvalue weighted by atomic mass is 10.1. The average molecular weight is 370 g/mol. The lowest BCUT2D eigenvalue weighted by Gasteiger charge is -2.06. The van der Waals surface area contributed by atoms with E-state index in [-0.39, 0.29) is 11.7 Å². The van der Waals surface area contributed by atoms with Gasteiger partial charge in [-0.2, -0.15) is 0 Å². The predicted octanol–water partition coefficient (Wildman–Crippen LogP) is 3.94. The van der Waals surface area contributed by atoms with Crippen molar-refractivity contribution in [3.8, 4) is 5.75 Å². The van der Waals surface area contributed by atoms with Gasteiger partial charge in [0.15, 0.2) is 5.84 Å². The second kappa shape index (κ2) is 8.26. The number of carbonyl (C=O) groups is 1. The zero-order valence-electron chi connectivity index (χ0n) is 13.6. The molecule has 5 nitrogen and oxygen atoms in total. The molecule has 0 aliphatic rings. The van der Waals surface area contributed by atoms with Gasteiger partial charge < -0.3 is 15.3 Å². The highest BCUT2D eigenvalue weighted by Gasteiger charge is 2.08. The van der Waals surface area contributed by atoms with Crippen molar-refractivity contribution in [3.05, 3.63) is 87.9 Å². The lowest BCUT2D eigenvalue weighted by Crippen LogP contribution is -2.13. The molecule has 26 heavy (non-hydrogen) atoms. The maximum absolute atomic E-state index is 12.8. The summed E-state index contributed by atoms with van der Waals surface area (Å²) in [5, 5.41) is 5.50. The third-order valence-corrected chi connectivity index (χ3v) is 4.30. The zero-order chi connectivity index (χ0) is 18.4. The maximum atomic E-state index is 12.8. The standard InChI is InChI=1S/C19H15FN2O3S/c20-15-7-9-16(10-8-15)24-12-13-3-5-14(6-4-13)19(23)25-22-18(21)17-2-1-11-26-17/h1-11H,12H2,(H2,21,22). The molecule has 2 aromatic carbocycles. The van der Waals surface area contributed by atoms with E-state index in [2.05, 4.69) is 5.16 Å². The number of hydrogen-bond donors (Lipinski definition) is 1. The van der Waals surface area contributed by atoms with Gasteiger partial charge in [0.1, 0.15) is 18.2 Å². The van der Waals surface area contributed by atoms with Gasteiger partial charge in [0.2, 0.25) is 0 Å². The molecule has 3 aromatic rings. The van der Waals surface area contributed by atoms with Crippen molar-refractivity contribution in [2.75, 3.05) is 0 Å². The van der Waals surface area contributed by atoms with Crippen LogP contribution in [0.4, 0.5) is 4.39 Å². The van der Waals surface area contributed by atoms with Crippen LogP contribution in [-0.2, 0) is 11.4 Å². The van der Waals surface area contributed by atoms with Crippen molar-refractivity contribution in [1.29, 1.82) is 0 Å². The molecule has 7 heteroatoms. The summed E-state index contributed by atoms with van der Waals surface area (Å²) in [5.41, 5.74) is 6.94. The Balaban J connectivity index is 1.55. The highest BCUT2D eigenvalue weighted by molar-refractivity contribution is 7.12. The van der Waals surface area contributed by atoms with Gasteiger partial charge in [0.25, 0.3) is 0 Å². The second-order valence-corrected chi connectivity index (χ2v) is 6.22. The van der Waals surface area contributed by atoms with E-state index < -0.39 is 5.97 Å². The summed E-state index contributed by atoms with van der Waals surface area (Å²) in [7, 11) is 0. The minimum atomic E-state index is -0.601. The summed E-state index contributed by atoms with van der Waals surface area (Å²) in [6.45, 7) is 0.296. The summed E-state index contributed by atoms with van der Waals surface area (Å²) in [5.74, 6) is -0.205. The molecule has 1 aromatic heterocycles. The van der Waals surface area contributed by atoms with Crippen molar-refractivity contribution in [2.24, 2.45) is 10.9 Å². The van der Waals surface area contributed by atoms with Crippen LogP contribution in [0.15, 0.2) is 71.2 Å². The Bertz CT molecular complexity index is 892. The van der Waals surface area contributed by atoms with Crippen LogP contribution in [0.2, 0.25) is 0 Å². The van der Waals surface area contributed by atoms with Gasteiger partial charge in [-0.3, -0.25) is 0 Å². The van der Waals surface area contributed by atoms with E-state index in [9.17, 15) is 9.18 Å². The molecule has 0 atom stereocenters. The minimum Gasteiger partial charge on any atom is -0.489 e. The van der Waals surface area contributed by atoms with Crippen LogP contribution in [0, 0.1) is 5.82 Å². The molecule has 0 unspecified atom stereocenters. The number of benzene rings is 2. The van der Waals surface area contributed by atoms with Gasteiger partial charge in [-0.15, -0.1) is 11.3 Å². The van der Waals surface area contributed by atoms with Gasteiger partial charge in [-0.25, -0.2) is 9.18 Å². The van der Waals surface area contributed by atoms with Crippen molar-refractivity contribution in [3.63, 3.8) is 0 Å². The molecule has 0 aliphatic carbocycles. The first-order valence-electron chi connectivity index (χ1n) is 7.68. The van der Waals surface area contributed by atoms with Crippen LogP contribution in [0.1, 0.15) is 20.8 Å².